The van der Waals surface area contributed by atoms with E-state index in [1.165, 1.54) is 0 Å². The van der Waals surface area contributed by atoms with Crippen molar-refractivity contribution in [3.05, 3.63) is 83.2 Å². The van der Waals surface area contributed by atoms with Gasteiger partial charge in [0.1, 0.15) is 18.2 Å². The molecule has 0 radical (unpaired) electrons. The van der Waals surface area contributed by atoms with Gasteiger partial charge in [-0.25, -0.2) is 14.6 Å². The Bertz CT molecular complexity index is 1590. The Labute approximate surface area is 237 Å². The lowest BCUT2D eigenvalue weighted by Gasteiger charge is -2.40. The van der Waals surface area contributed by atoms with Gasteiger partial charge in [0.15, 0.2) is 0 Å². The molecule has 11 heteroatoms. The molecule has 0 saturated carbocycles. The maximum atomic E-state index is 11.6. The van der Waals surface area contributed by atoms with E-state index in [1.807, 2.05) is 18.2 Å². The molecule has 1 aromatic carbocycles. The van der Waals surface area contributed by atoms with Crippen molar-refractivity contribution in [2.24, 2.45) is 0 Å². The highest BCUT2D eigenvalue weighted by Gasteiger charge is 2.28. The van der Waals surface area contributed by atoms with Crippen LogP contribution in [0.1, 0.15) is 35.2 Å². The minimum Gasteiger partial charge on any atom is -0.478 e. The van der Waals surface area contributed by atoms with Crippen LogP contribution in [0.3, 0.4) is 0 Å². The summed E-state index contributed by atoms with van der Waals surface area (Å²) in [6.45, 7) is 14.0. The Morgan fingerprint density at radius 1 is 1.20 bits per heavy atom. The van der Waals surface area contributed by atoms with Gasteiger partial charge < -0.3 is 24.0 Å². The molecular weight excluding hydrogens is 522 g/mol. The molecule has 1 N–H and O–H groups in total. The number of carbonyl (C=O) groups is 1. The molecule has 0 amide bonds. The number of carboxylic acids is 1. The van der Waals surface area contributed by atoms with Gasteiger partial charge in [0.05, 0.1) is 48.1 Å². The van der Waals surface area contributed by atoms with Crippen molar-refractivity contribution in [3.63, 3.8) is 0 Å². The third-order valence-corrected chi connectivity index (χ3v) is 7.70. The van der Waals surface area contributed by atoms with Gasteiger partial charge in [-0.1, -0.05) is 12.1 Å². The second-order valence-electron chi connectivity index (χ2n) is 10.4. The first-order chi connectivity index (χ1) is 20.0. The van der Waals surface area contributed by atoms with Crippen molar-refractivity contribution in [1.82, 2.24) is 24.4 Å². The highest BCUT2D eigenvalue weighted by molar-refractivity contribution is 5.92. The molecule has 11 nitrogen and oxygen atoms in total. The van der Waals surface area contributed by atoms with E-state index >= 15 is 0 Å². The van der Waals surface area contributed by atoms with E-state index < -0.39 is 5.97 Å². The molecule has 2 aliphatic rings. The van der Waals surface area contributed by atoms with Crippen LogP contribution in [0.2, 0.25) is 0 Å². The fourth-order valence-electron chi connectivity index (χ4n) is 5.26. The fraction of sp³-hybridized carbons (Fsp3) is 0.367. The summed E-state index contributed by atoms with van der Waals surface area (Å²) in [5.41, 5.74) is 3.13. The lowest BCUT2D eigenvalue weighted by molar-refractivity contribution is -0.0592. The topological polar surface area (TPSA) is 110 Å². The average molecular weight is 554 g/mol. The number of benzene rings is 1. The van der Waals surface area contributed by atoms with Crippen molar-refractivity contribution in [2.45, 2.75) is 45.2 Å². The number of anilines is 1. The van der Waals surface area contributed by atoms with Gasteiger partial charge in [-0.2, -0.15) is 4.98 Å². The summed E-state index contributed by atoms with van der Waals surface area (Å²) in [6.07, 6.45) is 2.66. The zero-order valence-electron chi connectivity index (χ0n) is 22.8. The molecule has 210 valence electrons. The molecule has 0 spiro atoms. The molecule has 4 aromatic rings. The van der Waals surface area contributed by atoms with Crippen molar-refractivity contribution in [3.8, 4) is 5.88 Å². The molecule has 3 aromatic heterocycles. The van der Waals surface area contributed by atoms with Crippen LogP contribution in [-0.2, 0) is 24.4 Å². The van der Waals surface area contributed by atoms with Crippen molar-refractivity contribution < 1.29 is 19.4 Å². The Morgan fingerprint density at radius 2 is 2.07 bits per heavy atom. The van der Waals surface area contributed by atoms with Gasteiger partial charge in [-0.15, -0.1) is 0 Å². The van der Waals surface area contributed by atoms with E-state index in [1.54, 1.807) is 36.5 Å². The number of rotatable bonds is 9. The minimum atomic E-state index is -0.944. The number of carboxylic acid groups (broad SMARTS) is 1. The van der Waals surface area contributed by atoms with Crippen LogP contribution >= 0.6 is 0 Å². The Morgan fingerprint density at radius 3 is 2.78 bits per heavy atom. The number of nitrogens with zero attached hydrogens (tertiary/aromatic N) is 7. The van der Waals surface area contributed by atoms with Crippen molar-refractivity contribution >= 4 is 28.5 Å². The Balaban J connectivity index is 1.13. The van der Waals surface area contributed by atoms with E-state index in [4.69, 9.17) is 26.0 Å². The molecule has 0 bridgehead atoms. The molecule has 2 aliphatic heterocycles. The minimum absolute atomic E-state index is 0.128. The fourth-order valence-corrected chi connectivity index (χ4v) is 5.26. The lowest BCUT2D eigenvalue weighted by Crippen LogP contribution is -2.52. The van der Waals surface area contributed by atoms with E-state index in [0.29, 0.717) is 24.7 Å². The van der Waals surface area contributed by atoms with Crippen LogP contribution in [-0.4, -0.2) is 73.9 Å². The van der Waals surface area contributed by atoms with E-state index in [0.717, 1.165) is 61.0 Å². The van der Waals surface area contributed by atoms with Crippen LogP contribution < -0.4 is 9.64 Å². The third-order valence-electron chi connectivity index (χ3n) is 7.70. The second kappa shape index (κ2) is 11.5. The molecule has 2 fully saturated rings. The SMILES string of the molecule is [C-]#[N+]c1ccc(COc2cccc(N3CCN(Cc4nc5ccc(C(=O)O)cc5n4C[C@@H]4CCO4)[C@@H](C)C3)n2)nc1. The molecule has 0 aliphatic carbocycles. The summed E-state index contributed by atoms with van der Waals surface area (Å²) < 4.78 is 13.7. The monoisotopic (exact) mass is 553 g/mol. The molecular formula is C30H31N7O4. The zero-order valence-corrected chi connectivity index (χ0v) is 22.8. The van der Waals surface area contributed by atoms with Crippen LogP contribution in [0, 0.1) is 6.57 Å². The normalized spacial score (nSPS) is 19.1. The lowest BCUT2D eigenvalue weighted by atomic mass is 10.1. The van der Waals surface area contributed by atoms with Gasteiger partial charge in [-0.05, 0) is 43.7 Å². The van der Waals surface area contributed by atoms with Gasteiger partial charge >= 0.3 is 5.97 Å². The zero-order chi connectivity index (χ0) is 28.3. The maximum Gasteiger partial charge on any atom is 0.335 e. The number of ether oxygens (including phenoxy) is 2. The van der Waals surface area contributed by atoms with Crippen LogP contribution in [0.15, 0.2) is 54.7 Å². The average Bonchev–Trinajstić information content (AvgIpc) is 3.31. The van der Waals surface area contributed by atoms with E-state index in [2.05, 4.69) is 31.1 Å². The predicted octanol–water partition coefficient (Wildman–Crippen LogP) is 4.15. The number of fused-ring (bicyclic) bond motifs is 1. The first kappa shape index (κ1) is 26.7. The number of aromatic carboxylic acids is 1. The Kier molecular flexibility index (Phi) is 7.50. The van der Waals surface area contributed by atoms with Crippen molar-refractivity contribution in [1.29, 1.82) is 0 Å². The number of hydrogen-bond donors (Lipinski definition) is 1. The standard InChI is InChI=1S/C30H31N7O4/c1-20-16-36(27-4-3-5-29(34-27)41-19-23-8-7-22(31-2)15-32-23)12-11-35(20)18-28-33-25-9-6-21(30(38)39)14-26(25)37(28)17-24-10-13-40-24/h3-9,14-15,20,24H,10-13,16-19H2,1H3,(H,38,39)/t20-,24-/m0/s1. The largest absolute Gasteiger partial charge is 0.478 e. The second-order valence-corrected chi connectivity index (χ2v) is 10.4. The molecule has 2 saturated heterocycles. The summed E-state index contributed by atoms with van der Waals surface area (Å²) in [4.78, 5) is 33.6. The first-order valence-electron chi connectivity index (χ1n) is 13.7. The number of hydrogen-bond acceptors (Lipinski definition) is 8. The van der Waals surface area contributed by atoms with E-state index in [-0.39, 0.29) is 24.3 Å². The maximum absolute atomic E-state index is 11.6. The van der Waals surface area contributed by atoms with Crippen molar-refractivity contribution in [2.75, 3.05) is 31.1 Å². The first-order valence-corrected chi connectivity index (χ1v) is 13.7. The summed E-state index contributed by atoms with van der Waals surface area (Å²) in [5.74, 6) is 1.37. The van der Waals surface area contributed by atoms with E-state index in [9.17, 15) is 9.90 Å². The Hall–Kier alpha value is -4.53. The van der Waals surface area contributed by atoms with Crippen LogP contribution in [0.25, 0.3) is 15.9 Å². The summed E-state index contributed by atoms with van der Waals surface area (Å²) in [7, 11) is 0. The quantitative estimate of drug-likeness (QED) is 0.306. The van der Waals surface area contributed by atoms with Crippen LogP contribution in [0.5, 0.6) is 5.88 Å². The smallest absolute Gasteiger partial charge is 0.335 e. The third kappa shape index (κ3) is 5.84. The van der Waals surface area contributed by atoms with Gasteiger partial charge in [0, 0.05) is 44.5 Å². The molecule has 0 unspecified atom stereocenters. The molecule has 5 heterocycles. The molecule has 2 atom stereocenters. The summed E-state index contributed by atoms with van der Waals surface area (Å²) in [6, 6.07) is 14.7. The number of pyridine rings is 2. The predicted molar refractivity (Wildman–Crippen MR) is 152 cm³/mol. The summed E-state index contributed by atoms with van der Waals surface area (Å²) >= 11 is 0. The number of aromatic nitrogens is 4. The van der Waals surface area contributed by atoms with Gasteiger partial charge in [0.2, 0.25) is 11.6 Å². The molecule has 6 rings (SSSR count). The number of imidazole rings is 1. The van der Waals surface area contributed by atoms with Gasteiger partial charge in [-0.3, -0.25) is 9.88 Å². The molecule has 41 heavy (non-hydrogen) atoms. The van der Waals surface area contributed by atoms with Crippen LogP contribution in [0.4, 0.5) is 11.5 Å². The summed E-state index contributed by atoms with van der Waals surface area (Å²) in [5, 5.41) is 9.52. The number of piperazine rings is 1. The highest BCUT2D eigenvalue weighted by atomic mass is 16.5. The van der Waals surface area contributed by atoms with Gasteiger partial charge in [0.25, 0.3) is 0 Å². The highest BCUT2D eigenvalue weighted by Crippen LogP contribution is 2.26.